The van der Waals surface area contributed by atoms with Crippen LogP contribution in [0.2, 0.25) is 0 Å². The molecule has 1 fully saturated rings. The van der Waals surface area contributed by atoms with E-state index < -0.39 is 0 Å². The lowest BCUT2D eigenvalue weighted by molar-refractivity contribution is 0.0576. The third-order valence-electron chi connectivity index (χ3n) is 3.11. The zero-order chi connectivity index (χ0) is 11.4. The number of pyridine rings is 1. The smallest absolute Gasteiger partial charge is 0.141 e. The molecule has 1 aromatic rings. The number of methoxy groups -OCH3 is 1. The molecule has 88 valence electrons. The topological polar surface area (TPSA) is 57.4 Å². The van der Waals surface area contributed by atoms with Crippen molar-refractivity contribution in [3.05, 3.63) is 24.0 Å². The summed E-state index contributed by atoms with van der Waals surface area (Å²) < 4.78 is 10.6. The van der Waals surface area contributed by atoms with E-state index in [0.29, 0.717) is 5.92 Å². The van der Waals surface area contributed by atoms with E-state index in [1.165, 1.54) is 0 Å². The van der Waals surface area contributed by atoms with E-state index in [4.69, 9.17) is 15.2 Å². The maximum absolute atomic E-state index is 6.25. The first-order chi connectivity index (χ1) is 7.83. The maximum Gasteiger partial charge on any atom is 0.141 e. The van der Waals surface area contributed by atoms with Crippen LogP contribution in [0.25, 0.3) is 0 Å². The van der Waals surface area contributed by atoms with Crippen molar-refractivity contribution in [1.82, 2.24) is 4.98 Å². The van der Waals surface area contributed by atoms with Crippen LogP contribution >= 0.6 is 0 Å². The molecule has 0 spiro atoms. The average molecular weight is 222 g/mol. The third-order valence-corrected chi connectivity index (χ3v) is 3.11. The van der Waals surface area contributed by atoms with Gasteiger partial charge in [0.05, 0.1) is 18.8 Å². The Morgan fingerprint density at radius 1 is 1.50 bits per heavy atom. The van der Waals surface area contributed by atoms with Crippen LogP contribution in [0, 0.1) is 5.92 Å². The van der Waals surface area contributed by atoms with E-state index in [-0.39, 0.29) is 6.04 Å². The summed E-state index contributed by atoms with van der Waals surface area (Å²) in [6.07, 6.45) is 3.76. The van der Waals surface area contributed by atoms with Crippen LogP contribution < -0.4 is 10.5 Å². The fourth-order valence-electron chi connectivity index (χ4n) is 2.12. The molecule has 1 atom stereocenters. The van der Waals surface area contributed by atoms with Crippen molar-refractivity contribution < 1.29 is 9.47 Å². The van der Waals surface area contributed by atoms with E-state index in [9.17, 15) is 0 Å². The molecule has 0 radical (unpaired) electrons. The van der Waals surface area contributed by atoms with E-state index in [2.05, 4.69) is 4.98 Å². The summed E-state index contributed by atoms with van der Waals surface area (Å²) in [5.74, 6) is 1.22. The normalized spacial score (nSPS) is 19.4. The monoisotopic (exact) mass is 222 g/mol. The Labute approximate surface area is 95.8 Å². The van der Waals surface area contributed by atoms with Crippen molar-refractivity contribution in [2.24, 2.45) is 11.7 Å². The lowest BCUT2D eigenvalue weighted by Crippen LogP contribution is -2.28. The minimum atomic E-state index is -0.0555. The van der Waals surface area contributed by atoms with Crippen molar-refractivity contribution in [2.45, 2.75) is 18.9 Å². The summed E-state index contributed by atoms with van der Waals surface area (Å²) in [5, 5.41) is 0. The van der Waals surface area contributed by atoms with Gasteiger partial charge in [-0.25, -0.2) is 0 Å². The third kappa shape index (κ3) is 2.33. The molecular weight excluding hydrogens is 204 g/mol. The van der Waals surface area contributed by atoms with Gasteiger partial charge in [-0.15, -0.1) is 0 Å². The molecule has 1 saturated heterocycles. The molecule has 16 heavy (non-hydrogen) atoms. The Morgan fingerprint density at radius 3 is 2.94 bits per heavy atom. The molecule has 1 unspecified atom stereocenters. The van der Waals surface area contributed by atoms with Gasteiger partial charge < -0.3 is 15.2 Å². The molecule has 1 aliphatic heterocycles. The fraction of sp³-hybridized carbons (Fsp3) is 0.583. The summed E-state index contributed by atoms with van der Waals surface area (Å²) in [6, 6.07) is 3.71. The van der Waals surface area contributed by atoms with Gasteiger partial charge in [0.25, 0.3) is 0 Å². The molecule has 4 nitrogen and oxygen atoms in total. The van der Waals surface area contributed by atoms with Gasteiger partial charge in [-0.05, 0) is 30.9 Å². The number of ether oxygens (including phenoxy) is 2. The summed E-state index contributed by atoms with van der Waals surface area (Å²) in [6.45, 7) is 1.60. The molecule has 0 bridgehead atoms. The predicted octanol–water partition coefficient (Wildman–Crippen LogP) is 1.52. The summed E-state index contributed by atoms with van der Waals surface area (Å²) in [7, 11) is 1.65. The number of hydrogen-bond acceptors (Lipinski definition) is 4. The number of nitrogens with two attached hydrogens (primary N) is 1. The second kappa shape index (κ2) is 5.27. The van der Waals surface area contributed by atoms with Crippen LogP contribution in [0.4, 0.5) is 0 Å². The molecule has 2 heterocycles. The highest BCUT2D eigenvalue weighted by atomic mass is 16.5. The minimum absolute atomic E-state index is 0.0555. The molecule has 0 aliphatic carbocycles. The highest BCUT2D eigenvalue weighted by molar-refractivity contribution is 5.29. The van der Waals surface area contributed by atoms with E-state index in [0.717, 1.165) is 37.5 Å². The number of nitrogens with zero attached hydrogens (tertiary/aromatic N) is 1. The second-order valence-corrected chi connectivity index (χ2v) is 4.07. The van der Waals surface area contributed by atoms with Crippen LogP contribution in [0.3, 0.4) is 0 Å². The standard InChI is InChI=1S/C12H18N2O2/c1-15-10-3-2-6-14-12(10)11(13)9-4-7-16-8-5-9/h2-3,6,9,11H,4-5,7-8,13H2,1H3. The highest BCUT2D eigenvalue weighted by Gasteiger charge is 2.25. The largest absolute Gasteiger partial charge is 0.495 e. The molecule has 2 N–H and O–H groups in total. The molecule has 0 amide bonds. The number of hydrogen-bond donors (Lipinski definition) is 1. The first kappa shape index (κ1) is 11.4. The van der Waals surface area contributed by atoms with Gasteiger partial charge in [-0.2, -0.15) is 0 Å². The van der Waals surface area contributed by atoms with E-state index in [1.54, 1.807) is 13.3 Å². The molecule has 1 aromatic heterocycles. The van der Waals surface area contributed by atoms with Gasteiger partial charge in [0.1, 0.15) is 5.75 Å². The predicted molar refractivity (Wildman–Crippen MR) is 61.3 cm³/mol. The Kier molecular flexibility index (Phi) is 3.74. The van der Waals surface area contributed by atoms with Crippen molar-refractivity contribution in [3.8, 4) is 5.75 Å². The summed E-state index contributed by atoms with van der Waals surface area (Å²) >= 11 is 0. The van der Waals surface area contributed by atoms with E-state index in [1.807, 2.05) is 12.1 Å². The molecule has 0 saturated carbocycles. The first-order valence-electron chi connectivity index (χ1n) is 5.65. The van der Waals surface area contributed by atoms with Gasteiger partial charge in [0.2, 0.25) is 0 Å². The van der Waals surface area contributed by atoms with Crippen LogP contribution in [0.5, 0.6) is 5.75 Å². The van der Waals surface area contributed by atoms with Gasteiger partial charge in [-0.1, -0.05) is 0 Å². The van der Waals surface area contributed by atoms with Crippen LogP contribution in [-0.2, 0) is 4.74 Å². The fourth-order valence-corrected chi connectivity index (χ4v) is 2.12. The number of aromatic nitrogens is 1. The quantitative estimate of drug-likeness (QED) is 0.842. The minimum Gasteiger partial charge on any atom is -0.495 e. The van der Waals surface area contributed by atoms with Crippen molar-refractivity contribution in [3.63, 3.8) is 0 Å². The van der Waals surface area contributed by atoms with Crippen molar-refractivity contribution in [1.29, 1.82) is 0 Å². The summed E-state index contributed by atoms with van der Waals surface area (Å²) in [5.41, 5.74) is 7.11. The van der Waals surface area contributed by atoms with Gasteiger partial charge in [-0.3, -0.25) is 4.98 Å². The molecule has 0 aromatic carbocycles. The average Bonchev–Trinajstić information content (AvgIpc) is 2.39. The molecule has 1 aliphatic rings. The first-order valence-corrected chi connectivity index (χ1v) is 5.65. The van der Waals surface area contributed by atoms with Gasteiger partial charge in [0, 0.05) is 19.4 Å². The lowest BCUT2D eigenvalue weighted by atomic mass is 9.90. The number of rotatable bonds is 3. The van der Waals surface area contributed by atoms with Gasteiger partial charge in [0.15, 0.2) is 0 Å². The zero-order valence-electron chi connectivity index (χ0n) is 9.56. The van der Waals surface area contributed by atoms with Crippen LogP contribution in [0.15, 0.2) is 18.3 Å². The van der Waals surface area contributed by atoms with Crippen LogP contribution in [-0.4, -0.2) is 25.3 Å². The lowest BCUT2D eigenvalue weighted by Gasteiger charge is -2.27. The van der Waals surface area contributed by atoms with Crippen molar-refractivity contribution >= 4 is 0 Å². The highest BCUT2D eigenvalue weighted by Crippen LogP contribution is 2.31. The van der Waals surface area contributed by atoms with Crippen molar-refractivity contribution in [2.75, 3.05) is 20.3 Å². The Hall–Kier alpha value is -1.13. The Morgan fingerprint density at radius 2 is 2.25 bits per heavy atom. The molecule has 2 rings (SSSR count). The Balaban J connectivity index is 2.15. The SMILES string of the molecule is COc1cccnc1C(N)C1CCOCC1. The molecular formula is C12H18N2O2. The van der Waals surface area contributed by atoms with E-state index >= 15 is 0 Å². The van der Waals surface area contributed by atoms with Crippen LogP contribution in [0.1, 0.15) is 24.6 Å². The maximum atomic E-state index is 6.25. The van der Waals surface area contributed by atoms with Gasteiger partial charge >= 0.3 is 0 Å². The zero-order valence-corrected chi connectivity index (χ0v) is 9.56. The summed E-state index contributed by atoms with van der Waals surface area (Å²) in [4.78, 5) is 4.33. The second-order valence-electron chi connectivity index (χ2n) is 4.07. The molecule has 4 heteroatoms. The Bertz CT molecular complexity index is 338.